The number of rotatable bonds is 7. The van der Waals surface area contributed by atoms with Crippen LogP contribution in [0.2, 0.25) is 0 Å². The smallest absolute Gasteiger partial charge is 0.370 e. The number of thiazole rings is 1. The van der Waals surface area contributed by atoms with E-state index in [4.69, 9.17) is 13.3 Å². The average molecular weight is 311 g/mol. The third kappa shape index (κ3) is 3.10. The van der Waals surface area contributed by atoms with E-state index in [0.29, 0.717) is 19.8 Å². The molecule has 0 aliphatic rings. The van der Waals surface area contributed by atoms with Gasteiger partial charge in [0.15, 0.2) is 0 Å². The fourth-order valence-corrected chi connectivity index (χ4v) is 5.48. The Balaban J connectivity index is 2.47. The van der Waals surface area contributed by atoms with Crippen LogP contribution in [0.5, 0.6) is 0 Å². The van der Waals surface area contributed by atoms with Crippen LogP contribution in [0.15, 0.2) is 18.2 Å². The monoisotopic (exact) mass is 311 g/mol. The summed E-state index contributed by atoms with van der Waals surface area (Å²) in [5, 5.41) is 2.05. The first-order valence-electron chi connectivity index (χ1n) is 6.94. The first kappa shape index (κ1) is 15.6. The Hall–Kier alpha value is -0.793. The molecular formula is C14H21NO3SSi. The molecule has 0 fully saturated rings. The van der Waals surface area contributed by atoms with Crippen molar-refractivity contribution in [2.45, 2.75) is 27.7 Å². The molecule has 0 bridgehead atoms. The molecule has 2 aromatic rings. The lowest BCUT2D eigenvalue weighted by Gasteiger charge is -2.28. The normalized spacial score (nSPS) is 12.2. The van der Waals surface area contributed by atoms with Gasteiger partial charge in [-0.25, -0.2) is 4.98 Å². The second-order valence-electron chi connectivity index (χ2n) is 4.27. The van der Waals surface area contributed by atoms with Crippen molar-refractivity contribution in [1.29, 1.82) is 0 Å². The molecule has 0 spiro atoms. The molecule has 4 nitrogen and oxygen atoms in total. The molecule has 1 heterocycles. The topological polar surface area (TPSA) is 40.6 Å². The molecule has 20 heavy (non-hydrogen) atoms. The van der Waals surface area contributed by atoms with Gasteiger partial charge in [0.25, 0.3) is 0 Å². The Morgan fingerprint density at radius 1 is 1.05 bits per heavy atom. The number of aromatic nitrogens is 1. The summed E-state index contributed by atoms with van der Waals surface area (Å²) in [4.78, 5) is 4.54. The molecule has 0 aliphatic carbocycles. The predicted molar refractivity (Wildman–Crippen MR) is 84.6 cm³/mol. The highest BCUT2D eigenvalue weighted by Gasteiger charge is 2.43. The minimum absolute atomic E-state index is 0.570. The highest BCUT2D eigenvalue weighted by atomic mass is 32.1. The van der Waals surface area contributed by atoms with Crippen LogP contribution in [-0.2, 0) is 13.3 Å². The van der Waals surface area contributed by atoms with Crippen LogP contribution >= 0.6 is 11.3 Å². The van der Waals surface area contributed by atoms with Crippen LogP contribution in [0.1, 0.15) is 25.8 Å². The molecule has 0 saturated carbocycles. The van der Waals surface area contributed by atoms with Crippen molar-refractivity contribution in [3.05, 3.63) is 23.2 Å². The molecule has 0 atom stereocenters. The van der Waals surface area contributed by atoms with Gasteiger partial charge < -0.3 is 13.3 Å². The SMILES string of the molecule is CCO[Si](OCC)(OCC)c1ccc2sc(C)nc2c1. The van der Waals surface area contributed by atoms with Crippen LogP contribution in [-0.4, -0.2) is 33.6 Å². The van der Waals surface area contributed by atoms with E-state index < -0.39 is 8.80 Å². The molecule has 1 aromatic carbocycles. The maximum Gasteiger partial charge on any atom is 0.537 e. The summed E-state index contributed by atoms with van der Waals surface area (Å²) in [6.45, 7) is 9.62. The summed E-state index contributed by atoms with van der Waals surface area (Å²) in [6, 6.07) is 6.17. The van der Waals surface area contributed by atoms with Gasteiger partial charge in [-0.3, -0.25) is 0 Å². The summed E-state index contributed by atoms with van der Waals surface area (Å²) >= 11 is 1.69. The van der Waals surface area contributed by atoms with Crippen molar-refractivity contribution in [3.63, 3.8) is 0 Å². The van der Waals surface area contributed by atoms with Gasteiger partial charge >= 0.3 is 8.80 Å². The van der Waals surface area contributed by atoms with E-state index >= 15 is 0 Å². The standard InChI is InChI=1S/C14H21NO3SSi/c1-5-16-20(17-6-2,18-7-3)12-8-9-14-13(10-12)15-11(4)19-14/h8-10H,5-7H2,1-4H3. The first-order chi connectivity index (χ1) is 9.65. The highest BCUT2D eigenvalue weighted by Crippen LogP contribution is 2.22. The Labute approximate surface area is 125 Å². The summed E-state index contributed by atoms with van der Waals surface area (Å²) in [5.74, 6) is 0. The second-order valence-corrected chi connectivity index (χ2v) is 8.06. The van der Waals surface area contributed by atoms with Gasteiger partial charge in [0, 0.05) is 25.0 Å². The molecule has 0 saturated heterocycles. The van der Waals surface area contributed by atoms with E-state index in [1.807, 2.05) is 39.8 Å². The van der Waals surface area contributed by atoms with Crippen molar-refractivity contribution in [2.24, 2.45) is 0 Å². The first-order valence-corrected chi connectivity index (χ1v) is 9.48. The summed E-state index contributed by atoms with van der Waals surface area (Å²) in [5.41, 5.74) is 0.987. The van der Waals surface area contributed by atoms with Crippen molar-refractivity contribution in [1.82, 2.24) is 4.98 Å². The fraction of sp³-hybridized carbons (Fsp3) is 0.500. The highest BCUT2D eigenvalue weighted by molar-refractivity contribution is 7.18. The lowest BCUT2D eigenvalue weighted by molar-refractivity contribution is 0.0859. The number of hydrogen-bond donors (Lipinski definition) is 0. The third-order valence-corrected chi connectivity index (χ3v) is 6.83. The Kier molecular flexibility index (Phi) is 5.28. The summed E-state index contributed by atoms with van der Waals surface area (Å²) < 4.78 is 18.9. The lowest BCUT2D eigenvalue weighted by atomic mass is 10.3. The van der Waals surface area contributed by atoms with E-state index in [1.54, 1.807) is 11.3 Å². The van der Waals surface area contributed by atoms with E-state index in [2.05, 4.69) is 11.1 Å². The molecule has 0 amide bonds. The summed E-state index contributed by atoms with van der Waals surface area (Å²) in [7, 11) is -2.81. The maximum absolute atomic E-state index is 5.92. The molecule has 6 heteroatoms. The number of fused-ring (bicyclic) bond motifs is 1. The van der Waals surface area contributed by atoms with E-state index in [9.17, 15) is 0 Å². The van der Waals surface area contributed by atoms with Crippen molar-refractivity contribution in [3.8, 4) is 0 Å². The van der Waals surface area contributed by atoms with Gasteiger partial charge in [-0.15, -0.1) is 11.3 Å². The van der Waals surface area contributed by atoms with Crippen LogP contribution < -0.4 is 5.19 Å². The number of nitrogens with zero attached hydrogens (tertiary/aromatic N) is 1. The van der Waals surface area contributed by atoms with Gasteiger partial charge in [-0.1, -0.05) is 6.07 Å². The molecule has 1 aromatic heterocycles. The van der Waals surface area contributed by atoms with Gasteiger partial charge in [0.2, 0.25) is 0 Å². The third-order valence-electron chi connectivity index (χ3n) is 2.85. The van der Waals surface area contributed by atoms with Gasteiger partial charge in [0.1, 0.15) is 0 Å². The molecule has 0 N–H and O–H groups in total. The van der Waals surface area contributed by atoms with Gasteiger partial charge in [-0.2, -0.15) is 0 Å². The zero-order valence-electron chi connectivity index (χ0n) is 12.4. The lowest BCUT2D eigenvalue weighted by Crippen LogP contribution is -2.56. The van der Waals surface area contributed by atoms with Gasteiger partial charge in [0.05, 0.1) is 15.2 Å². The average Bonchev–Trinajstić information content (AvgIpc) is 2.78. The Morgan fingerprint density at radius 2 is 1.65 bits per heavy atom. The van der Waals surface area contributed by atoms with Crippen LogP contribution in [0.25, 0.3) is 10.2 Å². The predicted octanol–water partition coefficient (Wildman–Crippen LogP) is 2.86. The fourth-order valence-electron chi connectivity index (χ4n) is 2.18. The molecule has 0 unspecified atom stereocenters. The molecular weight excluding hydrogens is 290 g/mol. The Bertz CT molecular complexity index is 556. The minimum Gasteiger partial charge on any atom is -0.370 e. The van der Waals surface area contributed by atoms with Crippen molar-refractivity contribution < 1.29 is 13.3 Å². The zero-order valence-corrected chi connectivity index (χ0v) is 14.3. The minimum atomic E-state index is -2.81. The molecule has 0 radical (unpaired) electrons. The second kappa shape index (κ2) is 6.78. The Morgan fingerprint density at radius 3 is 2.20 bits per heavy atom. The van der Waals surface area contributed by atoms with E-state index in [1.165, 1.54) is 4.70 Å². The largest absolute Gasteiger partial charge is 0.537 e. The molecule has 110 valence electrons. The van der Waals surface area contributed by atoms with Crippen LogP contribution in [0.3, 0.4) is 0 Å². The van der Waals surface area contributed by atoms with E-state index in [0.717, 1.165) is 15.7 Å². The van der Waals surface area contributed by atoms with Crippen LogP contribution in [0.4, 0.5) is 0 Å². The van der Waals surface area contributed by atoms with E-state index in [-0.39, 0.29) is 0 Å². The van der Waals surface area contributed by atoms with Crippen molar-refractivity contribution >= 4 is 35.5 Å². The zero-order chi connectivity index (χ0) is 14.6. The van der Waals surface area contributed by atoms with Crippen molar-refractivity contribution in [2.75, 3.05) is 19.8 Å². The number of hydrogen-bond acceptors (Lipinski definition) is 5. The molecule has 0 aliphatic heterocycles. The molecule has 2 rings (SSSR count). The number of aryl methyl sites for hydroxylation is 1. The summed E-state index contributed by atoms with van der Waals surface area (Å²) in [6.07, 6.45) is 0. The quantitative estimate of drug-likeness (QED) is 0.737. The maximum atomic E-state index is 5.92. The van der Waals surface area contributed by atoms with Crippen LogP contribution in [0, 0.1) is 6.92 Å². The number of benzene rings is 1. The van der Waals surface area contributed by atoms with Gasteiger partial charge in [-0.05, 0) is 39.8 Å².